The van der Waals surface area contributed by atoms with Crippen molar-refractivity contribution >= 4 is 28.6 Å². The maximum absolute atomic E-state index is 12.3. The summed E-state index contributed by atoms with van der Waals surface area (Å²) < 4.78 is 5.92. The standard InChI is InChI=1S/C21H22N4O2S/c1-3-17-19(28-21(22)24-17)20(26)25-23-12-16-6-4-5-7-18(16)27-13-15-10-8-14(2)9-11-15/h4-12H,3,13H2,1-2H3,(H2,22,24)(H,25,26). The summed E-state index contributed by atoms with van der Waals surface area (Å²) in [5.41, 5.74) is 12.0. The molecule has 1 amide bonds. The minimum absolute atomic E-state index is 0.319. The van der Waals surface area contributed by atoms with Crippen LogP contribution in [0.4, 0.5) is 5.13 Å². The minimum Gasteiger partial charge on any atom is -0.488 e. The van der Waals surface area contributed by atoms with Crippen molar-refractivity contribution in [2.45, 2.75) is 26.9 Å². The third-order valence-corrected chi connectivity index (χ3v) is 4.98. The van der Waals surface area contributed by atoms with Crippen LogP contribution in [0.1, 0.15) is 39.0 Å². The number of nitrogens with two attached hydrogens (primary N) is 1. The van der Waals surface area contributed by atoms with Gasteiger partial charge >= 0.3 is 0 Å². The van der Waals surface area contributed by atoms with E-state index in [1.807, 2.05) is 43.3 Å². The normalized spacial score (nSPS) is 10.9. The number of nitrogens with one attached hydrogen (secondary N) is 1. The molecule has 7 heteroatoms. The summed E-state index contributed by atoms with van der Waals surface area (Å²) in [5.74, 6) is 0.373. The van der Waals surface area contributed by atoms with Crippen molar-refractivity contribution in [3.63, 3.8) is 0 Å². The van der Waals surface area contributed by atoms with E-state index in [-0.39, 0.29) is 5.91 Å². The van der Waals surface area contributed by atoms with E-state index in [0.29, 0.717) is 34.5 Å². The van der Waals surface area contributed by atoms with Gasteiger partial charge in [0.05, 0.1) is 11.9 Å². The Hall–Kier alpha value is -3.19. The number of thiazole rings is 1. The lowest BCUT2D eigenvalue weighted by atomic mass is 10.1. The Kier molecular flexibility index (Phi) is 6.39. The molecule has 0 unspecified atom stereocenters. The Balaban J connectivity index is 1.65. The van der Waals surface area contributed by atoms with Crippen molar-refractivity contribution in [2.75, 3.05) is 5.73 Å². The first-order valence-corrected chi connectivity index (χ1v) is 9.74. The first-order valence-electron chi connectivity index (χ1n) is 8.92. The second kappa shape index (κ2) is 9.14. The van der Waals surface area contributed by atoms with E-state index in [9.17, 15) is 4.79 Å². The lowest BCUT2D eigenvalue weighted by Gasteiger charge is -2.09. The molecular formula is C21H22N4O2S. The molecule has 0 aliphatic heterocycles. The summed E-state index contributed by atoms with van der Waals surface area (Å²) in [5, 5.41) is 4.44. The number of amides is 1. The number of para-hydroxylation sites is 1. The van der Waals surface area contributed by atoms with Gasteiger partial charge in [-0.25, -0.2) is 10.4 Å². The molecule has 144 valence electrons. The fraction of sp³-hybridized carbons (Fsp3) is 0.190. The van der Waals surface area contributed by atoms with E-state index in [1.165, 1.54) is 5.56 Å². The third kappa shape index (κ3) is 4.95. The molecule has 3 rings (SSSR count). The summed E-state index contributed by atoms with van der Waals surface area (Å²) in [6, 6.07) is 15.7. The minimum atomic E-state index is -0.319. The number of carbonyl (C=O) groups is 1. The Morgan fingerprint density at radius 3 is 2.75 bits per heavy atom. The van der Waals surface area contributed by atoms with Gasteiger partial charge in [0.15, 0.2) is 5.13 Å². The topological polar surface area (TPSA) is 89.6 Å². The van der Waals surface area contributed by atoms with Crippen molar-refractivity contribution < 1.29 is 9.53 Å². The number of anilines is 1. The average Bonchev–Trinajstić information content (AvgIpc) is 3.09. The second-order valence-corrected chi connectivity index (χ2v) is 7.22. The predicted molar refractivity (Wildman–Crippen MR) is 113 cm³/mol. The first-order chi connectivity index (χ1) is 13.6. The lowest BCUT2D eigenvalue weighted by Crippen LogP contribution is -2.17. The summed E-state index contributed by atoms with van der Waals surface area (Å²) in [4.78, 5) is 16.9. The number of aromatic nitrogens is 1. The van der Waals surface area contributed by atoms with Crippen LogP contribution in [-0.4, -0.2) is 17.1 Å². The van der Waals surface area contributed by atoms with Crippen LogP contribution >= 0.6 is 11.3 Å². The highest BCUT2D eigenvalue weighted by Crippen LogP contribution is 2.21. The van der Waals surface area contributed by atoms with Crippen LogP contribution in [-0.2, 0) is 13.0 Å². The van der Waals surface area contributed by atoms with Crippen LogP contribution in [0.2, 0.25) is 0 Å². The first kappa shape index (κ1) is 19.6. The molecule has 0 saturated carbocycles. The van der Waals surface area contributed by atoms with Gasteiger partial charge in [-0.15, -0.1) is 0 Å². The smallest absolute Gasteiger partial charge is 0.283 e. The molecule has 0 fully saturated rings. The van der Waals surface area contributed by atoms with Crippen LogP contribution in [0.5, 0.6) is 5.75 Å². The van der Waals surface area contributed by atoms with Crippen molar-refractivity contribution in [1.29, 1.82) is 0 Å². The molecule has 0 atom stereocenters. The van der Waals surface area contributed by atoms with E-state index < -0.39 is 0 Å². The number of carbonyl (C=O) groups excluding carboxylic acids is 1. The van der Waals surface area contributed by atoms with Gasteiger partial charge in [0.25, 0.3) is 5.91 Å². The number of benzene rings is 2. The number of aryl methyl sites for hydroxylation is 2. The molecule has 1 heterocycles. The monoisotopic (exact) mass is 394 g/mol. The highest BCUT2D eigenvalue weighted by Gasteiger charge is 2.15. The van der Waals surface area contributed by atoms with Crippen LogP contribution in [0.25, 0.3) is 0 Å². The second-order valence-electron chi connectivity index (χ2n) is 6.19. The Morgan fingerprint density at radius 1 is 1.25 bits per heavy atom. The van der Waals surface area contributed by atoms with Crippen molar-refractivity contribution in [3.8, 4) is 5.75 Å². The highest BCUT2D eigenvalue weighted by atomic mass is 32.1. The van der Waals surface area contributed by atoms with Crippen LogP contribution in [0.3, 0.4) is 0 Å². The predicted octanol–water partition coefficient (Wildman–Crippen LogP) is 3.94. The van der Waals surface area contributed by atoms with E-state index >= 15 is 0 Å². The number of hydrogen-bond acceptors (Lipinski definition) is 6. The van der Waals surface area contributed by atoms with Gasteiger partial charge in [-0.3, -0.25) is 4.79 Å². The zero-order valence-electron chi connectivity index (χ0n) is 15.8. The molecule has 1 aromatic heterocycles. The third-order valence-electron chi connectivity index (χ3n) is 4.06. The average molecular weight is 395 g/mol. The summed E-state index contributed by atoms with van der Waals surface area (Å²) >= 11 is 1.16. The van der Waals surface area contributed by atoms with E-state index in [4.69, 9.17) is 10.5 Å². The molecule has 3 aromatic rings. The number of hydrogen-bond donors (Lipinski definition) is 2. The molecule has 0 spiro atoms. The fourth-order valence-corrected chi connectivity index (χ4v) is 3.37. The Labute approximate surface area is 168 Å². The van der Waals surface area contributed by atoms with Crippen LogP contribution < -0.4 is 15.9 Å². The summed E-state index contributed by atoms with van der Waals surface area (Å²) in [6.45, 7) is 4.43. The molecule has 6 nitrogen and oxygen atoms in total. The van der Waals surface area contributed by atoms with Crippen molar-refractivity contribution in [2.24, 2.45) is 5.10 Å². The van der Waals surface area contributed by atoms with Gasteiger partial charge in [0.1, 0.15) is 17.2 Å². The zero-order valence-corrected chi connectivity index (χ0v) is 16.6. The van der Waals surface area contributed by atoms with Gasteiger partial charge in [-0.1, -0.05) is 60.2 Å². The molecule has 2 aromatic carbocycles. The van der Waals surface area contributed by atoms with Gasteiger partial charge in [-0.2, -0.15) is 5.10 Å². The van der Waals surface area contributed by atoms with Gasteiger partial charge in [0.2, 0.25) is 0 Å². The van der Waals surface area contributed by atoms with E-state index in [2.05, 4.69) is 34.6 Å². The summed E-state index contributed by atoms with van der Waals surface area (Å²) in [6.07, 6.45) is 2.20. The molecule has 3 N–H and O–H groups in total. The van der Waals surface area contributed by atoms with Crippen LogP contribution in [0, 0.1) is 6.92 Å². The maximum atomic E-state index is 12.3. The molecule has 0 aliphatic rings. The molecule has 0 radical (unpaired) electrons. The Bertz CT molecular complexity index is 980. The lowest BCUT2D eigenvalue weighted by molar-refractivity contribution is 0.0958. The molecule has 28 heavy (non-hydrogen) atoms. The van der Waals surface area contributed by atoms with Crippen molar-refractivity contribution in [3.05, 3.63) is 75.8 Å². The molecule has 0 aliphatic carbocycles. The number of nitrogen functional groups attached to an aromatic ring is 1. The van der Waals surface area contributed by atoms with E-state index in [0.717, 1.165) is 22.5 Å². The maximum Gasteiger partial charge on any atom is 0.283 e. The zero-order chi connectivity index (χ0) is 19.9. The number of rotatable bonds is 7. The van der Waals surface area contributed by atoms with Gasteiger partial charge < -0.3 is 10.5 Å². The highest BCUT2D eigenvalue weighted by molar-refractivity contribution is 7.17. The molecular weight excluding hydrogens is 372 g/mol. The van der Waals surface area contributed by atoms with Gasteiger partial charge in [0, 0.05) is 5.56 Å². The largest absolute Gasteiger partial charge is 0.488 e. The summed E-state index contributed by atoms with van der Waals surface area (Å²) in [7, 11) is 0. The number of nitrogens with zero attached hydrogens (tertiary/aromatic N) is 2. The van der Waals surface area contributed by atoms with E-state index in [1.54, 1.807) is 6.21 Å². The number of ether oxygens (including phenoxy) is 1. The molecule has 0 bridgehead atoms. The SMILES string of the molecule is CCc1nc(N)sc1C(=O)NN=Cc1ccccc1OCc1ccc(C)cc1. The fourth-order valence-electron chi connectivity index (χ4n) is 2.56. The van der Waals surface area contributed by atoms with Crippen LogP contribution in [0.15, 0.2) is 53.6 Å². The quantitative estimate of drug-likeness (QED) is 0.469. The molecule has 0 saturated heterocycles. The van der Waals surface area contributed by atoms with Gasteiger partial charge in [-0.05, 0) is 31.0 Å². The van der Waals surface area contributed by atoms with Crippen molar-refractivity contribution in [1.82, 2.24) is 10.4 Å². The Morgan fingerprint density at radius 2 is 2.00 bits per heavy atom. The number of hydrazone groups is 1.